The van der Waals surface area contributed by atoms with Crippen LogP contribution < -0.4 is 5.32 Å². The molecule has 10 heavy (non-hydrogen) atoms. The number of carbonyl (C=O) groups excluding carboxylic acids is 1. The van der Waals surface area contributed by atoms with Crippen LogP contribution in [0.2, 0.25) is 0 Å². The van der Waals surface area contributed by atoms with Crippen molar-refractivity contribution >= 4 is 5.97 Å². The van der Waals surface area contributed by atoms with E-state index < -0.39 is 0 Å². The van der Waals surface area contributed by atoms with Gasteiger partial charge in [-0.3, -0.25) is 4.79 Å². The Bertz CT molecular complexity index is 119. The van der Waals surface area contributed by atoms with Crippen molar-refractivity contribution in [1.29, 1.82) is 0 Å². The first kappa shape index (κ1) is 7.54. The smallest absolute Gasteiger partial charge is 0.324 e. The third-order valence-electron chi connectivity index (χ3n) is 1.40. The first-order valence-corrected chi connectivity index (χ1v) is 3.49. The fraction of sp³-hybridized carbons (Fsp3) is 0.714. The Morgan fingerprint density at radius 3 is 3.20 bits per heavy atom. The molecule has 0 saturated carbocycles. The van der Waals surface area contributed by atoms with Crippen molar-refractivity contribution < 1.29 is 9.53 Å². The number of hydrogen-bond acceptors (Lipinski definition) is 2. The molecule has 0 aliphatic carbocycles. The molecule has 0 aromatic rings. The summed E-state index contributed by atoms with van der Waals surface area (Å²) in [5, 5.41) is 4.02. The van der Waals surface area contributed by atoms with Gasteiger partial charge in [0.2, 0.25) is 0 Å². The van der Waals surface area contributed by atoms with Crippen LogP contribution in [-0.4, -0.2) is 25.2 Å². The maximum atomic E-state index is 10.9. The molecule has 3 heteroatoms. The van der Waals surface area contributed by atoms with Gasteiger partial charge in [-0.2, -0.15) is 0 Å². The maximum absolute atomic E-state index is 10.9. The summed E-state index contributed by atoms with van der Waals surface area (Å²) in [6.07, 6.45) is 2.74. The third kappa shape index (κ3) is 1.70. The highest BCUT2D eigenvalue weighted by molar-refractivity contribution is 5.76. The van der Waals surface area contributed by atoms with Crippen molar-refractivity contribution in [1.82, 2.24) is 5.32 Å². The quantitative estimate of drug-likeness (QED) is 0.513. The minimum absolute atomic E-state index is 0.184. The second kappa shape index (κ2) is 3.56. The van der Waals surface area contributed by atoms with Crippen LogP contribution in [0.25, 0.3) is 0 Å². The second-order valence-electron chi connectivity index (χ2n) is 2.16. The molecule has 0 amide bonds. The van der Waals surface area contributed by atoms with E-state index in [1.165, 1.54) is 0 Å². The van der Waals surface area contributed by atoms with Crippen LogP contribution in [-0.2, 0) is 9.53 Å². The number of ether oxygens (including phenoxy) is 1. The van der Waals surface area contributed by atoms with E-state index in [1.807, 2.05) is 6.42 Å². The van der Waals surface area contributed by atoms with Gasteiger partial charge in [0, 0.05) is 6.54 Å². The van der Waals surface area contributed by atoms with Crippen LogP contribution in [0.15, 0.2) is 0 Å². The molecule has 0 bridgehead atoms. The molecule has 1 heterocycles. The van der Waals surface area contributed by atoms with Crippen molar-refractivity contribution in [2.24, 2.45) is 0 Å². The number of hydrogen-bond donors (Lipinski definition) is 0. The first-order chi connectivity index (χ1) is 4.84. The van der Waals surface area contributed by atoms with Gasteiger partial charge in [0.05, 0.1) is 6.61 Å². The third-order valence-corrected chi connectivity index (χ3v) is 1.40. The van der Waals surface area contributed by atoms with E-state index in [0.29, 0.717) is 13.2 Å². The Labute approximate surface area is 60.7 Å². The molecule has 2 radical (unpaired) electrons. The van der Waals surface area contributed by atoms with Crippen LogP contribution in [0.5, 0.6) is 0 Å². The lowest BCUT2D eigenvalue weighted by Gasteiger charge is -2.05. The highest BCUT2D eigenvalue weighted by Gasteiger charge is 2.24. The van der Waals surface area contributed by atoms with Gasteiger partial charge in [-0.15, -0.1) is 0 Å². The summed E-state index contributed by atoms with van der Waals surface area (Å²) in [6, 6.07) is -0.208. The van der Waals surface area contributed by atoms with Crippen molar-refractivity contribution in [2.45, 2.75) is 19.4 Å². The molecule has 1 aliphatic heterocycles. The lowest BCUT2D eigenvalue weighted by atomic mass is 10.2. The molecule has 3 nitrogen and oxygen atoms in total. The van der Waals surface area contributed by atoms with Gasteiger partial charge in [0.1, 0.15) is 6.04 Å². The molecule has 0 aromatic carbocycles. The Kier molecular flexibility index (Phi) is 2.68. The fourth-order valence-corrected chi connectivity index (χ4v) is 0.918. The van der Waals surface area contributed by atoms with Gasteiger partial charge >= 0.3 is 5.97 Å². The van der Waals surface area contributed by atoms with E-state index in [-0.39, 0.29) is 12.0 Å². The molecule has 1 rings (SSSR count). The highest BCUT2D eigenvalue weighted by atomic mass is 16.5. The van der Waals surface area contributed by atoms with Crippen molar-refractivity contribution in [3.63, 3.8) is 0 Å². The minimum Gasteiger partial charge on any atom is -0.465 e. The number of nitrogens with zero attached hydrogens (tertiary/aromatic N) is 1. The number of esters is 1. The molecular formula is C7H11NO2. The second-order valence-corrected chi connectivity index (χ2v) is 2.16. The average Bonchev–Trinajstić information content (AvgIpc) is 2.38. The molecule has 1 saturated heterocycles. The molecule has 0 aromatic heterocycles. The van der Waals surface area contributed by atoms with Gasteiger partial charge in [0.15, 0.2) is 0 Å². The molecule has 0 N–H and O–H groups in total. The zero-order valence-corrected chi connectivity index (χ0v) is 6.04. The van der Waals surface area contributed by atoms with Gasteiger partial charge < -0.3 is 4.74 Å². The minimum atomic E-state index is -0.208. The van der Waals surface area contributed by atoms with Gasteiger partial charge in [0.25, 0.3) is 0 Å². The van der Waals surface area contributed by atoms with E-state index in [4.69, 9.17) is 4.74 Å². The van der Waals surface area contributed by atoms with E-state index in [1.54, 1.807) is 6.92 Å². The first-order valence-electron chi connectivity index (χ1n) is 3.49. The molecule has 56 valence electrons. The Hall–Kier alpha value is -0.570. The van der Waals surface area contributed by atoms with Crippen LogP contribution in [0.4, 0.5) is 0 Å². The standard InChI is InChI=1S/C7H11NO2/c1-2-10-7(9)6-4-3-5-8-6/h3,6H,2,4-5H2,1H3. The van der Waals surface area contributed by atoms with Crippen LogP contribution >= 0.6 is 0 Å². The van der Waals surface area contributed by atoms with E-state index in [0.717, 1.165) is 6.42 Å². The molecule has 1 fully saturated rings. The SMILES string of the molecule is CCOC(=O)C1C[CH]C[N]1. The van der Waals surface area contributed by atoms with Crippen molar-refractivity contribution in [2.75, 3.05) is 13.2 Å². The highest BCUT2D eigenvalue weighted by Crippen LogP contribution is 2.06. The number of rotatable bonds is 2. The van der Waals surface area contributed by atoms with Crippen LogP contribution in [0, 0.1) is 6.42 Å². The summed E-state index contributed by atoms with van der Waals surface area (Å²) >= 11 is 0. The van der Waals surface area contributed by atoms with Crippen LogP contribution in [0.1, 0.15) is 13.3 Å². The largest absolute Gasteiger partial charge is 0.465 e. The molecule has 1 aliphatic rings. The Balaban J connectivity index is 2.25. The summed E-state index contributed by atoms with van der Waals surface area (Å²) < 4.78 is 4.77. The van der Waals surface area contributed by atoms with Gasteiger partial charge in [-0.1, -0.05) is 0 Å². The Morgan fingerprint density at radius 2 is 2.70 bits per heavy atom. The average molecular weight is 141 g/mol. The lowest BCUT2D eigenvalue weighted by molar-refractivity contribution is -0.145. The predicted octanol–water partition coefficient (Wildman–Crippen LogP) is 0.130. The zero-order valence-electron chi connectivity index (χ0n) is 6.04. The number of carbonyl (C=O) groups is 1. The monoisotopic (exact) mass is 141 g/mol. The van der Waals surface area contributed by atoms with E-state index in [9.17, 15) is 4.79 Å². The summed E-state index contributed by atoms with van der Waals surface area (Å²) in [7, 11) is 0. The topological polar surface area (TPSA) is 40.4 Å². The summed E-state index contributed by atoms with van der Waals surface area (Å²) in [4.78, 5) is 10.9. The maximum Gasteiger partial charge on any atom is 0.324 e. The van der Waals surface area contributed by atoms with E-state index in [2.05, 4.69) is 5.32 Å². The predicted molar refractivity (Wildman–Crippen MR) is 36.3 cm³/mol. The zero-order chi connectivity index (χ0) is 7.40. The molecule has 1 unspecified atom stereocenters. The molecule has 0 spiro atoms. The van der Waals surface area contributed by atoms with Crippen molar-refractivity contribution in [3.8, 4) is 0 Å². The van der Waals surface area contributed by atoms with Crippen LogP contribution in [0.3, 0.4) is 0 Å². The van der Waals surface area contributed by atoms with Crippen molar-refractivity contribution in [3.05, 3.63) is 6.42 Å². The van der Waals surface area contributed by atoms with Gasteiger partial charge in [-0.25, -0.2) is 5.32 Å². The molecular weight excluding hydrogens is 130 g/mol. The summed E-state index contributed by atoms with van der Waals surface area (Å²) in [6.45, 7) is 2.95. The lowest BCUT2D eigenvalue weighted by Crippen LogP contribution is -2.27. The fourth-order valence-electron chi connectivity index (χ4n) is 0.918. The van der Waals surface area contributed by atoms with Gasteiger partial charge in [-0.05, 0) is 19.8 Å². The summed E-state index contributed by atoms with van der Waals surface area (Å²) in [5.41, 5.74) is 0. The summed E-state index contributed by atoms with van der Waals surface area (Å²) in [5.74, 6) is -0.184. The van der Waals surface area contributed by atoms with E-state index >= 15 is 0 Å². The molecule has 1 atom stereocenters. The normalized spacial score (nSPS) is 24.7. The Morgan fingerprint density at radius 1 is 1.90 bits per heavy atom.